The van der Waals surface area contributed by atoms with E-state index in [-0.39, 0.29) is 6.61 Å². The molecule has 2 rings (SSSR count). The molecule has 27 heavy (non-hydrogen) atoms. The number of hydrogen-bond acceptors (Lipinski definition) is 5. The molecule has 2 amide bonds. The number of aliphatic hydroxyl groups is 2. The fraction of sp³-hybridized carbons (Fsp3) is 0.300. The summed E-state index contributed by atoms with van der Waals surface area (Å²) in [5, 5.41) is 24.8. The minimum absolute atomic E-state index is 0.0903. The van der Waals surface area contributed by atoms with Crippen molar-refractivity contribution in [3.63, 3.8) is 0 Å². The highest BCUT2D eigenvalue weighted by Crippen LogP contribution is 2.16. The average Bonchev–Trinajstić information content (AvgIpc) is 2.71. The van der Waals surface area contributed by atoms with Crippen molar-refractivity contribution in [2.75, 3.05) is 6.61 Å². The molecule has 2 aromatic rings. The summed E-state index contributed by atoms with van der Waals surface area (Å²) in [6.07, 6.45) is -1.80. The minimum atomic E-state index is -1.07. The maximum Gasteiger partial charge on any atom is 0.408 e. The molecule has 0 aliphatic rings. The lowest BCUT2D eigenvalue weighted by Crippen LogP contribution is -2.50. The van der Waals surface area contributed by atoms with Gasteiger partial charge >= 0.3 is 6.09 Å². The average molecular weight is 372 g/mol. The topological polar surface area (TPSA) is 108 Å². The van der Waals surface area contributed by atoms with Crippen molar-refractivity contribution in [1.82, 2.24) is 10.6 Å². The largest absolute Gasteiger partial charge is 0.445 e. The number of alkyl carbamates (subject to hydrolysis) is 1. The van der Waals surface area contributed by atoms with Crippen LogP contribution < -0.4 is 10.6 Å². The fourth-order valence-corrected chi connectivity index (χ4v) is 2.42. The second-order valence-corrected chi connectivity index (χ2v) is 6.08. The van der Waals surface area contributed by atoms with E-state index in [9.17, 15) is 19.8 Å². The highest BCUT2D eigenvalue weighted by Gasteiger charge is 2.25. The molecule has 0 saturated heterocycles. The van der Waals surface area contributed by atoms with Crippen molar-refractivity contribution in [1.29, 1.82) is 0 Å². The van der Waals surface area contributed by atoms with Crippen molar-refractivity contribution in [2.24, 2.45) is 0 Å². The maximum atomic E-state index is 12.3. The number of aliphatic hydroxyl groups excluding tert-OH is 2. The molecule has 3 atom stereocenters. The van der Waals surface area contributed by atoms with E-state index in [4.69, 9.17) is 4.74 Å². The molecule has 0 aromatic heterocycles. The Morgan fingerprint density at radius 1 is 1.00 bits per heavy atom. The van der Waals surface area contributed by atoms with Gasteiger partial charge in [-0.1, -0.05) is 60.7 Å². The van der Waals surface area contributed by atoms with Gasteiger partial charge in [-0.15, -0.1) is 0 Å². The molecule has 0 spiro atoms. The van der Waals surface area contributed by atoms with Crippen LogP contribution in [-0.2, 0) is 16.1 Å². The van der Waals surface area contributed by atoms with Gasteiger partial charge in [-0.25, -0.2) is 4.79 Å². The molecule has 0 radical (unpaired) electrons. The van der Waals surface area contributed by atoms with Crippen LogP contribution in [0, 0.1) is 0 Å². The molecule has 0 unspecified atom stereocenters. The van der Waals surface area contributed by atoms with Gasteiger partial charge in [0.05, 0.1) is 12.6 Å². The van der Waals surface area contributed by atoms with Crippen LogP contribution in [0.15, 0.2) is 60.7 Å². The second-order valence-electron chi connectivity index (χ2n) is 6.08. The van der Waals surface area contributed by atoms with E-state index in [2.05, 4.69) is 10.6 Å². The van der Waals surface area contributed by atoms with E-state index in [1.165, 1.54) is 6.92 Å². The Bertz CT molecular complexity index is 724. The van der Waals surface area contributed by atoms with Crippen LogP contribution in [-0.4, -0.2) is 40.9 Å². The van der Waals surface area contributed by atoms with Crippen molar-refractivity contribution in [2.45, 2.75) is 31.7 Å². The first kappa shape index (κ1) is 20.4. The highest BCUT2D eigenvalue weighted by molar-refractivity contribution is 5.85. The zero-order valence-electron chi connectivity index (χ0n) is 15.0. The third kappa shape index (κ3) is 6.40. The van der Waals surface area contributed by atoms with Crippen LogP contribution in [0.3, 0.4) is 0 Å². The predicted octanol–water partition coefficient (Wildman–Crippen LogP) is 1.51. The van der Waals surface area contributed by atoms with Crippen LogP contribution in [0.5, 0.6) is 0 Å². The number of amides is 2. The SMILES string of the molecule is C[C@H](NC(=O)OCc1ccccc1)C(=O)N[C@@H](CO)[C@@H](O)c1ccccc1. The lowest BCUT2D eigenvalue weighted by molar-refractivity contribution is -0.124. The number of benzene rings is 2. The summed E-state index contributed by atoms with van der Waals surface area (Å²) in [6, 6.07) is 16.1. The van der Waals surface area contributed by atoms with E-state index in [1.807, 2.05) is 30.3 Å². The maximum absolute atomic E-state index is 12.3. The zero-order chi connectivity index (χ0) is 19.6. The first-order chi connectivity index (χ1) is 13.0. The highest BCUT2D eigenvalue weighted by atomic mass is 16.5. The Morgan fingerprint density at radius 3 is 2.19 bits per heavy atom. The molecule has 0 bridgehead atoms. The number of carbonyl (C=O) groups is 2. The zero-order valence-corrected chi connectivity index (χ0v) is 15.0. The minimum Gasteiger partial charge on any atom is -0.445 e. The van der Waals surface area contributed by atoms with Crippen LogP contribution in [0.1, 0.15) is 24.2 Å². The monoisotopic (exact) mass is 372 g/mol. The Balaban J connectivity index is 1.83. The first-order valence-corrected chi connectivity index (χ1v) is 8.62. The van der Waals surface area contributed by atoms with Crippen molar-refractivity contribution in [3.8, 4) is 0 Å². The first-order valence-electron chi connectivity index (χ1n) is 8.62. The molecule has 0 aliphatic heterocycles. The van der Waals surface area contributed by atoms with Crippen LogP contribution >= 0.6 is 0 Å². The van der Waals surface area contributed by atoms with Crippen molar-refractivity contribution < 1.29 is 24.5 Å². The summed E-state index contributed by atoms with van der Waals surface area (Å²) in [5.41, 5.74) is 1.40. The third-order valence-electron chi connectivity index (χ3n) is 3.99. The molecule has 0 heterocycles. The molecule has 4 N–H and O–H groups in total. The van der Waals surface area contributed by atoms with Gasteiger partial charge in [-0.2, -0.15) is 0 Å². The summed E-state index contributed by atoms with van der Waals surface area (Å²) in [5.74, 6) is -0.541. The number of ether oxygens (including phenoxy) is 1. The Kier molecular flexibility index (Phi) is 7.79. The summed E-state index contributed by atoms with van der Waals surface area (Å²) in [4.78, 5) is 24.1. The van der Waals surface area contributed by atoms with Crippen LogP contribution in [0.4, 0.5) is 4.79 Å². The third-order valence-corrected chi connectivity index (χ3v) is 3.99. The number of rotatable bonds is 8. The van der Waals surface area contributed by atoms with Gasteiger partial charge in [0.15, 0.2) is 0 Å². The van der Waals surface area contributed by atoms with E-state index < -0.39 is 36.8 Å². The van der Waals surface area contributed by atoms with Crippen molar-refractivity contribution in [3.05, 3.63) is 71.8 Å². The Morgan fingerprint density at radius 2 is 1.59 bits per heavy atom. The van der Waals surface area contributed by atoms with Crippen LogP contribution in [0.2, 0.25) is 0 Å². The van der Waals surface area contributed by atoms with Crippen molar-refractivity contribution >= 4 is 12.0 Å². The Labute approximate surface area is 158 Å². The molecule has 7 heteroatoms. The van der Waals surface area contributed by atoms with Gasteiger partial charge in [0.2, 0.25) is 5.91 Å². The van der Waals surface area contributed by atoms with Gasteiger partial charge in [0.25, 0.3) is 0 Å². The number of carbonyl (C=O) groups excluding carboxylic acids is 2. The summed E-state index contributed by atoms with van der Waals surface area (Å²) in [7, 11) is 0. The smallest absolute Gasteiger partial charge is 0.408 e. The summed E-state index contributed by atoms with van der Waals surface area (Å²) < 4.78 is 5.07. The lowest BCUT2D eigenvalue weighted by Gasteiger charge is -2.24. The lowest BCUT2D eigenvalue weighted by atomic mass is 10.0. The number of hydrogen-bond donors (Lipinski definition) is 4. The molecule has 0 fully saturated rings. The van der Waals surface area contributed by atoms with E-state index in [0.717, 1.165) is 5.56 Å². The van der Waals surface area contributed by atoms with Gasteiger partial charge in [-0.05, 0) is 18.1 Å². The molecular weight excluding hydrogens is 348 g/mol. The second kappa shape index (κ2) is 10.3. The van der Waals surface area contributed by atoms with Gasteiger partial charge in [-0.3, -0.25) is 4.79 Å². The Hall–Kier alpha value is -2.90. The quantitative estimate of drug-likeness (QED) is 0.562. The summed E-state index contributed by atoms with van der Waals surface area (Å²) >= 11 is 0. The van der Waals surface area contributed by atoms with Gasteiger partial charge in [0.1, 0.15) is 18.8 Å². The molecule has 7 nitrogen and oxygen atoms in total. The van der Waals surface area contributed by atoms with E-state index in [0.29, 0.717) is 5.56 Å². The molecular formula is C20H24N2O5. The van der Waals surface area contributed by atoms with Gasteiger partial charge in [0, 0.05) is 0 Å². The predicted molar refractivity (Wildman–Crippen MR) is 99.6 cm³/mol. The standard InChI is InChI=1S/C20H24N2O5/c1-14(21-20(26)27-13-15-8-4-2-5-9-15)19(25)22-17(12-23)18(24)16-10-6-3-7-11-16/h2-11,14,17-18,23-24H,12-13H2,1H3,(H,21,26)(H,22,25)/t14-,17-,18-/m0/s1. The molecule has 2 aromatic carbocycles. The van der Waals surface area contributed by atoms with Crippen LogP contribution in [0.25, 0.3) is 0 Å². The molecule has 0 aliphatic carbocycles. The number of nitrogens with one attached hydrogen (secondary N) is 2. The van der Waals surface area contributed by atoms with E-state index in [1.54, 1.807) is 30.3 Å². The molecule has 144 valence electrons. The van der Waals surface area contributed by atoms with E-state index >= 15 is 0 Å². The fourth-order valence-electron chi connectivity index (χ4n) is 2.42. The molecule has 0 saturated carbocycles. The van der Waals surface area contributed by atoms with Gasteiger partial charge < -0.3 is 25.6 Å². The summed E-state index contributed by atoms with van der Waals surface area (Å²) in [6.45, 7) is 1.13. The normalized spacial score (nSPS) is 13.9.